The number of nitrogens with one attached hydrogen (secondary N) is 1. The fourth-order valence-electron chi connectivity index (χ4n) is 2.63. The first-order valence-corrected chi connectivity index (χ1v) is 6.69. The zero-order valence-corrected chi connectivity index (χ0v) is 12.1. The fraction of sp³-hybridized carbons (Fsp3) is 0.500. The summed E-state index contributed by atoms with van der Waals surface area (Å²) in [7, 11) is 2.12. The molecule has 2 rings (SSSR count). The van der Waals surface area contributed by atoms with Crippen molar-refractivity contribution in [2.75, 3.05) is 0 Å². The molecule has 0 fully saturated rings. The zero-order valence-electron chi connectivity index (χ0n) is 12.1. The molecule has 0 atom stereocenters. The largest absolute Gasteiger partial charge is 0.365 e. The van der Waals surface area contributed by atoms with Crippen LogP contribution in [-0.4, -0.2) is 9.55 Å². The number of aromatic amines is 1. The summed E-state index contributed by atoms with van der Waals surface area (Å²) < 4.78 is 2.21. The molecule has 2 aromatic rings. The van der Waals surface area contributed by atoms with Crippen molar-refractivity contribution in [2.45, 2.75) is 45.4 Å². The molecule has 98 valence electrons. The highest BCUT2D eigenvalue weighted by Gasteiger charge is 2.24. The van der Waals surface area contributed by atoms with Gasteiger partial charge in [0.1, 0.15) is 0 Å². The third-order valence-electron chi connectivity index (χ3n) is 3.70. The molecule has 0 aliphatic rings. The predicted octanol–water partition coefficient (Wildman–Crippen LogP) is 4.00. The van der Waals surface area contributed by atoms with Crippen LogP contribution < -0.4 is 0 Å². The molecule has 0 aromatic carbocycles. The summed E-state index contributed by atoms with van der Waals surface area (Å²) in [6.45, 7) is 9.07. The third-order valence-corrected chi connectivity index (χ3v) is 3.70. The molecular formula is C16H24N2. The predicted molar refractivity (Wildman–Crippen MR) is 77.0 cm³/mol. The maximum atomic E-state index is 3.42. The normalized spacial score (nSPS) is 12.3. The molecule has 0 spiro atoms. The average molecular weight is 244 g/mol. The Hall–Kier alpha value is -1.44. The molecule has 0 saturated heterocycles. The van der Waals surface area contributed by atoms with Crippen LogP contribution in [0.5, 0.6) is 0 Å². The van der Waals surface area contributed by atoms with Gasteiger partial charge in [0.05, 0.1) is 0 Å². The Labute approximate surface area is 110 Å². The Morgan fingerprint density at radius 2 is 2.06 bits per heavy atom. The van der Waals surface area contributed by atoms with Gasteiger partial charge >= 0.3 is 0 Å². The molecule has 0 radical (unpaired) electrons. The van der Waals surface area contributed by atoms with E-state index < -0.39 is 0 Å². The lowest BCUT2D eigenvalue weighted by molar-refractivity contribution is 0.482. The molecule has 1 N–H and O–H groups in total. The van der Waals surface area contributed by atoms with Crippen LogP contribution in [0, 0.1) is 0 Å². The van der Waals surface area contributed by atoms with Gasteiger partial charge in [0.2, 0.25) is 0 Å². The minimum atomic E-state index is 0.150. The lowest BCUT2D eigenvalue weighted by Crippen LogP contribution is -2.23. The molecule has 2 nitrogen and oxygen atoms in total. The molecule has 0 saturated carbocycles. The summed E-state index contributed by atoms with van der Waals surface area (Å²) in [4.78, 5) is 3.42. The van der Waals surface area contributed by atoms with E-state index in [-0.39, 0.29) is 5.41 Å². The van der Waals surface area contributed by atoms with Gasteiger partial charge in [-0.2, -0.15) is 0 Å². The van der Waals surface area contributed by atoms with Gasteiger partial charge in [-0.3, -0.25) is 0 Å². The monoisotopic (exact) mass is 244 g/mol. The fourth-order valence-corrected chi connectivity index (χ4v) is 2.63. The minimum absolute atomic E-state index is 0.150. The van der Waals surface area contributed by atoms with E-state index in [1.54, 1.807) is 0 Å². The van der Waals surface area contributed by atoms with E-state index in [9.17, 15) is 0 Å². The number of H-pyrrole nitrogens is 1. The number of rotatable bonds is 4. The maximum Gasteiger partial charge on any atom is 0.0232 e. The van der Waals surface area contributed by atoms with Crippen molar-refractivity contribution in [1.29, 1.82) is 0 Å². The molecule has 0 aliphatic heterocycles. The van der Waals surface area contributed by atoms with E-state index in [1.165, 1.54) is 17.0 Å². The minimum Gasteiger partial charge on any atom is -0.365 e. The second-order valence-electron chi connectivity index (χ2n) is 6.18. The summed E-state index contributed by atoms with van der Waals surface area (Å²) in [6.07, 6.45) is 5.30. The Morgan fingerprint density at radius 3 is 2.56 bits per heavy atom. The maximum absolute atomic E-state index is 3.42. The molecule has 2 heterocycles. The Bertz CT molecular complexity index is 515. The number of hydrogen-bond donors (Lipinski definition) is 1. The highest BCUT2D eigenvalue weighted by Crippen LogP contribution is 2.28. The summed E-state index contributed by atoms with van der Waals surface area (Å²) in [5.74, 6) is 0.591. The highest BCUT2D eigenvalue weighted by atomic mass is 14.9. The van der Waals surface area contributed by atoms with Gasteiger partial charge in [-0.05, 0) is 36.1 Å². The molecule has 0 bridgehead atoms. The van der Waals surface area contributed by atoms with E-state index in [2.05, 4.69) is 74.9 Å². The zero-order chi connectivity index (χ0) is 13.3. The second-order valence-corrected chi connectivity index (χ2v) is 6.18. The number of hydrogen-bond acceptors (Lipinski definition) is 0. The molecule has 0 amide bonds. The van der Waals surface area contributed by atoms with Crippen molar-refractivity contribution in [3.63, 3.8) is 0 Å². The summed E-state index contributed by atoms with van der Waals surface area (Å²) in [5, 5.41) is 0. The van der Waals surface area contributed by atoms with Gasteiger partial charge in [-0.1, -0.05) is 27.7 Å². The van der Waals surface area contributed by atoms with Crippen molar-refractivity contribution in [2.24, 2.45) is 7.05 Å². The van der Waals surface area contributed by atoms with Crippen molar-refractivity contribution >= 4 is 0 Å². The van der Waals surface area contributed by atoms with Crippen molar-refractivity contribution in [1.82, 2.24) is 9.55 Å². The van der Waals surface area contributed by atoms with E-state index in [4.69, 9.17) is 0 Å². The lowest BCUT2D eigenvalue weighted by Gasteiger charge is -2.25. The van der Waals surface area contributed by atoms with E-state index >= 15 is 0 Å². The molecule has 2 aromatic heterocycles. The first-order chi connectivity index (χ1) is 8.40. The van der Waals surface area contributed by atoms with Gasteiger partial charge in [0, 0.05) is 36.2 Å². The number of nitrogens with zero attached hydrogens (tertiary/aromatic N) is 1. The smallest absolute Gasteiger partial charge is 0.0232 e. The van der Waals surface area contributed by atoms with Crippen molar-refractivity contribution in [3.8, 4) is 0 Å². The lowest BCUT2D eigenvalue weighted by atomic mass is 9.84. The summed E-state index contributed by atoms with van der Waals surface area (Å²) in [5.41, 5.74) is 4.25. The number of aryl methyl sites for hydroxylation is 1. The van der Waals surface area contributed by atoms with Crippen LogP contribution in [0.1, 0.15) is 50.6 Å². The average Bonchev–Trinajstić information content (AvgIpc) is 2.86. The molecular weight excluding hydrogens is 220 g/mol. The van der Waals surface area contributed by atoms with E-state index in [0.717, 1.165) is 6.42 Å². The first kappa shape index (κ1) is 13.0. The van der Waals surface area contributed by atoms with Crippen LogP contribution in [0.15, 0.2) is 30.6 Å². The van der Waals surface area contributed by atoms with Crippen LogP contribution in [-0.2, 0) is 18.9 Å². The molecule has 0 unspecified atom stereocenters. The van der Waals surface area contributed by atoms with Gasteiger partial charge in [0.25, 0.3) is 0 Å². The quantitative estimate of drug-likeness (QED) is 0.839. The van der Waals surface area contributed by atoms with Crippen molar-refractivity contribution in [3.05, 3.63) is 47.5 Å². The van der Waals surface area contributed by atoms with Crippen LogP contribution in [0.25, 0.3) is 0 Å². The molecule has 18 heavy (non-hydrogen) atoms. The Morgan fingerprint density at radius 1 is 1.33 bits per heavy atom. The van der Waals surface area contributed by atoms with E-state index in [0.29, 0.717) is 5.92 Å². The molecule has 2 heteroatoms. The van der Waals surface area contributed by atoms with Gasteiger partial charge in [-0.25, -0.2) is 0 Å². The van der Waals surface area contributed by atoms with Gasteiger partial charge < -0.3 is 9.55 Å². The second kappa shape index (κ2) is 4.68. The van der Waals surface area contributed by atoms with Gasteiger partial charge in [0.15, 0.2) is 0 Å². The standard InChI is InChI=1S/C16H24N2/c1-12(2)13-9-14(17-11-13)10-16(3,4)15-7-6-8-18(15)5/h6-9,11-12,17H,10H2,1-5H3. The van der Waals surface area contributed by atoms with Crippen LogP contribution >= 0.6 is 0 Å². The highest BCUT2D eigenvalue weighted by molar-refractivity contribution is 5.25. The Kier molecular flexibility index (Phi) is 3.38. The van der Waals surface area contributed by atoms with Crippen LogP contribution in [0.3, 0.4) is 0 Å². The van der Waals surface area contributed by atoms with Crippen LogP contribution in [0.2, 0.25) is 0 Å². The SMILES string of the molecule is CC(C)c1c[nH]c(CC(C)(C)c2cccn2C)c1. The summed E-state index contributed by atoms with van der Waals surface area (Å²) >= 11 is 0. The first-order valence-electron chi connectivity index (χ1n) is 6.69. The summed E-state index contributed by atoms with van der Waals surface area (Å²) in [6, 6.07) is 6.63. The topological polar surface area (TPSA) is 20.7 Å². The molecule has 0 aliphatic carbocycles. The van der Waals surface area contributed by atoms with Crippen molar-refractivity contribution < 1.29 is 0 Å². The third kappa shape index (κ3) is 2.53. The van der Waals surface area contributed by atoms with E-state index in [1.807, 2.05) is 0 Å². The number of aromatic nitrogens is 2. The van der Waals surface area contributed by atoms with Crippen LogP contribution in [0.4, 0.5) is 0 Å². The Balaban J connectivity index is 2.19. The van der Waals surface area contributed by atoms with Gasteiger partial charge in [-0.15, -0.1) is 0 Å².